The maximum atomic E-state index is 12.1. The summed E-state index contributed by atoms with van der Waals surface area (Å²) in [5.74, 6) is 0.125. The standard InChI is InChI=1S/C20H18ClN3OS/c1-13-3-8-18-17(9-13)19(10-14(2)23-18)26-12-20(25)24-22-11-15-4-6-16(21)7-5-15/h3-11H,12H2,1-2H3,(H,24,25). The molecule has 0 saturated carbocycles. The van der Waals surface area contributed by atoms with E-state index in [1.165, 1.54) is 17.3 Å². The number of carbonyl (C=O) groups is 1. The van der Waals surface area contributed by atoms with Crippen LogP contribution in [0.1, 0.15) is 16.8 Å². The van der Waals surface area contributed by atoms with Crippen LogP contribution in [-0.2, 0) is 4.79 Å². The first-order valence-electron chi connectivity index (χ1n) is 8.09. The molecule has 0 fully saturated rings. The third kappa shape index (κ3) is 4.84. The van der Waals surface area contributed by atoms with Crippen LogP contribution in [0.25, 0.3) is 10.9 Å². The second-order valence-electron chi connectivity index (χ2n) is 5.92. The van der Waals surface area contributed by atoms with Crippen molar-refractivity contribution in [3.63, 3.8) is 0 Å². The number of aryl methyl sites for hydroxylation is 2. The minimum absolute atomic E-state index is 0.157. The van der Waals surface area contributed by atoms with E-state index in [0.717, 1.165) is 27.1 Å². The Bertz CT molecular complexity index is 971. The summed E-state index contributed by atoms with van der Waals surface area (Å²) < 4.78 is 0. The van der Waals surface area contributed by atoms with Crippen molar-refractivity contribution in [3.05, 3.63) is 70.4 Å². The monoisotopic (exact) mass is 383 g/mol. The lowest BCUT2D eigenvalue weighted by Gasteiger charge is -2.08. The fraction of sp³-hybridized carbons (Fsp3) is 0.150. The predicted octanol–water partition coefficient (Wildman–Crippen LogP) is 4.75. The van der Waals surface area contributed by atoms with E-state index in [1.807, 2.05) is 44.2 Å². The van der Waals surface area contributed by atoms with E-state index in [2.05, 4.69) is 21.6 Å². The van der Waals surface area contributed by atoms with Gasteiger partial charge in [-0.3, -0.25) is 9.78 Å². The van der Waals surface area contributed by atoms with Crippen LogP contribution in [0.2, 0.25) is 5.02 Å². The van der Waals surface area contributed by atoms with Gasteiger partial charge in [0.2, 0.25) is 5.91 Å². The van der Waals surface area contributed by atoms with Crippen LogP contribution in [0.4, 0.5) is 0 Å². The van der Waals surface area contributed by atoms with Crippen LogP contribution in [0.5, 0.6) is 0 Å². The third-order valence-corrected chi connectivity index (χ3v) is 4.99. The number of rotatable bonds is 5. The molecule has 0 aliphatic carbocycles. The SMILES string of the molecule is Cc1ccc2nc(C)cc(SCC(=O)NN=Cc3ccc(Cl)cc3)c2c1. The number of pyridine rings is 1. The molecule has 3 aromatic rings. The predicted molar refractivity (Wildman–Crippen MR) is 109 cm³/mol. The van der Waals surface area contributed by atoms with Gasteiger partial charge in [-0.1, -0.05) is 35.4 Å². The van der Waals surface area contributed by atoms with Crippen molar-refractivity contribution in [3.8, 4) is 0 Å². The molecule has 26 heavy (non-hydrogen) atoms. The Balaban J connectivity index is 1.63. The number of nitrogens with zero attached hydrogens (tertiary/aromatic N) is 2. The van der Waals surface area contributed by atoms with E-state index < -0.39 is 0 Å². The molecule has 2 aromatic carbocycles. The molecule has 4 nitrogen and oxygen atoms in total. The Labute approximate surface area is 161 Å². The number of nitrogens with one attached hydrogen (secondary N) is 1. The van der Waals surface area contributed by atoms with Crippen LogP contribution in [0, 0.1) is 13.8 Å². The van der Waals surface area contributed by atoms with Gasteiger partial charge in [0.25, 0.3) is 0 Å². The smallest absolute Gasteiger partial charge is 0.250 e. The van der Waals surface area contributed by atoms with E-state index in [0.29, 0.717) is 5.02 Å². The van der Waals surface area contributed by atoms with Crippen molar-refractivity contribution in [1.82, 2.24) is 10.4 Å². The highest BCUT2D eigenvalue weighted by atomic mass is 35.5. The normalized spacial score (nSPS) is 11.2. The molecule has 132 valence electrons. The van der Waals surface area contributed by atoms with Gasteiger partial charge >= 0.3 is 0 Å². The molecule has 3 rings (SSSR count). The number of hydrazone groups is 1. The largest absolute Gasteiger partial charge is 0.272 e. The molecule has 0 bridgehead atoms. The molecule has 0 saturated heterocycles. The molecule has 1 amide bonds. The van der Waals surface area contributed by atoms with E-state index in [1.54, 1.807) is 18.3 Å². The first-order valence-corrected chi connectivity index (χ1v) is 9.46. The minimum Gasteiger partial charge on any atom is -0.272 e. The van der Waals surface area contributed by atoms with Gasteiger partial charge in [-0.2, -0.15) is 5.10 Å². The molecule has 0 atom stereocenters. The second kappa shape index (κ2) is 8.34. The number of aromatic nitrogens is 1. The molecular weight excluding hydrogens is 366 g/mol. The van der Waals surface area contributed by atoms with Gasteiger partial charge < -0.3 is 0 Å². The van der Waals surface area contributed by atoms with Crippen LogP contribution < -0.4 is 5.43 Å². The van der Waals surface area contributed by atoms with E-state index >= 15 is 0 Å². The summed E-state index contributed by atoms with van der Waals surface area (Å²) in [6, 6.07) is 15.4. The second-order valence-corrected chi connectivity index (χ2v) is 7.37. The van der Waals surface area contributed by atoms with Gasteiger partial charge in [0.15, 0.2) is 0 Å². The van der Waals surface area contributed by atoms with Gasteiger partial charge in [-0.05, 0) is 49.7 Å². The summed E-state index contributed by atoms with van der Waals surface area (Å²) in [6.45, 7) is 4.01. The fourth-order valence-electron chi connectivity index (χ4n) is 2.46. The highest BCUT2D eigenvalue weighted by Crippen LogP contribution is 2.28. The van der Waals surface area contributed by atoms with Crippen LogP contribution >= 0.6 is 23.4 Å². The van der Waals surface area contributed by atoms with E-state index in [-0.39, 0.29) is 11.7 Å². The zero-order chi connectivity index (χ0) is 18.5. The molecule has 0 spiro atoms. The summed E-state index contributed by atoms with van der Waals surface area (Å²) in [5.41, 5.74) is 6.47. The fourth-order valence-corrected chi connectivity index (χ4v) is 3.51. The number of thioether (sulfide) groups is 1. The molecular formula is C20H18ClN3OS. The Morgan fingerprint density at radius 1 is 1.19 bits per heavy atom. The number of carbonyl (C=O) groups excluding carboxylic acids is 1. The lowest BCUT2D eigenvalue weighted by atomic mass is 10.1. The van der Waals surface area contributed by atoms with Crippen LogP contribution in [0.15, 0.2) is 58.5 Å². The van der Waals surface area contributed by atoms with E-state index in [4.69, 9.17) is 11.6 Å². The van der Waals surface area contributed by atoms with Crippen LogP contribution in [-0.4, -0.2) is 22.9 Å². The van der Waals surface area contributed by atoms with Gasteiger partial charge in [-0.15, -0.1) is 11.8 Å². The van der Waals surface area contributed by atoms with Gasteiger partial charge in [0.05, 0.1) is 17.5 Å². The van der Waals surface area contributed by atoms with Crippen molar-refractivity contribution < 1.29 is 4.79 Å². The third-order valence-electron chi connectivity index (χ3n) is 3.69. The first-order chi connectivity index (χ1) is 12.5. The summed E-state index contributed by atoms with van der Waals surface area (Å²) in [6.07, 6.45) is 1.59. The molecule has 1 N–H and O–H groups in total. The van der Waals surface area contributed by atoms with Crippen molar-refractivity contribution in [1.29, 1.82) is 0 Å². The summed E-state index contributed by atoms with van der Waals surface area (Å²) in [7, 11) is 0. The maximum absolute atomic E-state index is 12.1. The quantitative estimate of drug-likeness (QED) is 0.393. The summed E-state index contributed by atoms with van der Waals surface area (Å²) in [4.78, 5) is 17.7. The Kier molecular flexibility index (Phi) is 5.91. The van der Waals surface area contributed by atoms with E-state index in [9.17, 15) is 4.79 Å². The van der Waals surface area contributed by atoms with Gasteiger partial charge in [-0.25, -0.2) is 5.43 Å². The van der Waals surface area contributed by atoms with Crippen LogP contribution in [0.3, 0.4) is 0 Å². The zero-order valence-electron chi connectivity index (χ0n) is 14.5. The molecule has 6 heteroatoms. The van der Waals surface area contributed by atoms with Gasteiger partial charge in [0, 0.05) is 21.0 Å². The molecule has 0 unspecified atom stereocenters. The van der Waals surface area contributed by atoms with Crippen molar-refractivity contribution in [2.45, 2.75) is 18.7 Å². The van der Waals surface area contributed by atoms with Crippen molar-refractivity contribution in [2.75, 3.05) is 5.75 Å². The molecule has 0 radical (unpaired) electrons. The number of amides is 1. The summed E-state index contributed by atoms with van der Waals surface area (Å²) in [5, 5.41) is 5.72. The maximum Gasteiger partial charge on any atom is 0.250 e. The number of fused-ring (bicyclic) bond motifs is 1. The Morgan fingerprint density at radius 3 is 2.73 bits per heavy atom. The highest BCUT2D eigenvalue weighted by molar-refractivity contribution is 8.00. The number of hydrogen-bond acceptors (Lipinski definition) is 4. The molecule has 1 aromatic heterocycles. The Hall–Kier alpha value is -2.37. The lowest BCUT2D eigenvalue weighted by Crippen LogP contribution is -2.19. The average Bonchev–Trinajstić information content (AvgIpc) is 2.62. The topological polar surface area (TPSA) is 54.4 Å². The summed E-state index contributed by atoms with van der Waals surface area (Å²) >= 11 is 7.32. The highest BCUT2D eigenvalue weighted by Gasteiger charge is 2.08. The van der Waals surface area contributed by atoms with Gasteiger partial charge in [0.1, 0.15) is 0 Å². The first kappa shape index (κ1) is 18.4. The number of benzene rings is 2. The number of halogens is 1. The zero-order valence-corrected chi connectivity index (χ0v) is 16.1. The number of hydrogen-bond donors (Lipinski definition) is 1. The average molecular weight is 384 g/mol. The van der Waals surface area contributed by atoms with Crippen molar-refractivity contribution in [2.24, 2.45) is 5.10 Å². The lowest BCUT2D eigenvalue weighted by molar-refractivity contribution is -0.118. The molecule has 0 aliphatic heterocycles. The molecule has 0 aliphatic rings. The van der Waals surface area contributed by atoms with Crippen molar-refractivity contribution >= 4 is 46.4 Å². The minimum atomic E-state index is -0.157. The Morgan fingerprint density at radius 2 is 1.96 bits per heavy atom. The molecule has 1 heterocycles.